The van der Waals surface area contributed by atoms with E-state index >= 15 is 0 Å². The Hall–Kier alpha value is -5.37. The van der Waals surface area contributed by atoms with E-state index in [4.69, 9.17) is 0 Å². The van der Waals surface area contributed by atoms with Gasteiger partial charge in [-0.15, -0.1) is 0 Å². The summed E-state index contributed by atoms with van der Waals surface area (Å²) in [6.07, 6.45) is 4.53. The highest BCUT2D eigenvalue weighted by Crippen LogP contribution is 2.62. The third-order valence-electron chi connectivity index (χ3n) is 9.35. The monoisotopic (exact) mass is 597 g/mol. The van der Waals surface area contributed by atoms with Crippen LogP contribution in [-0.2, 0) is 16.6 Å². The summed E-state index contributed by atoms with van der Waals surface area (Å²) in [7, 11) is 0. The molecule has 3 aliphatic rings. The molecule has 0 saturated carbocycles. The van der Waals surface area contributed by atoms with Crippen molar-refractivity contribution in [1.29, 1.82) is 0 Å². The predicted octanol–water partition coefficient (Wildman–Crippen LogP) is 6.78. The number of ketones is 2. The zero-order chi connectivity index (χ0) is 31.5. The van der Waals surface area contributed by atoms with Gasteiger partial charge in [0.15, 0.2) is 11.6 Å². The molecule has 1 amide bonds. The fourth-order valence-corrected chi connectivity index (χ4v) is 7.57. The first-order valence-corrected chi connectivity index (χ1v) is 15.1. The lowest BCUT2D eigenvalue weighted by Crippen LogP contribution is -2.49. The molecule has 0 bridgehead atoms. The van der Waals surface area contributed by atoms with E-state index in [1.165, 1.54) is 24.3 Å². The van der Waals surface area contributed by atoms with Gasteiger partial charge >= 0.3 is 0 Å². The van der Waals surface area contributed by atoms with E-state index in [1.807, 2.05) is 71.6 Å². The first-order chi connectivity index (χ1) is 21.7. The van der Waals surface area contributed by atoms with Crippen LogP contribution in [0.25, 0.3) is 6.08 Å². The Kier molecular flexibility index (Phi) is 6.73. The number of benzene rings is 4. The summed E-state index contributed by atoms with van der Waals surface area (Å²) in [5, 5.41) is 14.7. The minimum absolute atomic E-state index is 0.106. The molecule has 45 heavy (non-hydrogen) atoms. The van der Waals surface area contributed by atoms with Crippen molar-refractivity contribution in [3.8, 4) is 0 Å². The molecule has 0 radical (unpaired) electrons. The van der Waals surface area contributed by atoms with Crippen molar-refractivity contribution in [3.05, 3.63) is 147 Å². The summed E-state index contributed by atoms with van der Waals surface area (Å²) in [5.41, 5.74) is 2.87. The summed E-state index contributed by atoms with van der Waals surface area (Å²) < 4.78 is 0. The quantitative estimate of drug-likeness (QED) is 0.143. The summed E-state index contributed by atoms with van der Waals surface area (Å²) in [5.74, 6) is -1.86. The molecule has 4 atom stereocenters. The second-order valence-corrected chi connectivity index (χ2v) is 12.4. The van der Waals surface area contributed by atoms with E-state index in [0.29, 0.717) is 22.7 Å². The molecule has 0 aromatic heterocycles. The number of fused-ring (bicyclic) bond motifs is 6. The highest BCUT2D eigenvalue weighted by molar-refractivity contribution is 6.16. The number of amides is 1. The van der Waals surface area contributed by atoms with Gasteiger partial charge in [0.2, 0.25) is 5.91 Å². The van der Waals surface area contributed by atoms with Gasteiger partial charge in [-0.25, -0.2) is 0 Å². The smallest absolute Gasteiger partial charge is 0.270 e. The Morgan fingerprint density at radius 2 is 1.64 bits per heavy atom. The summed E-state index contributed by atoms with van der Waals surface area (Å²) in [6.45, 7) is 4.26. The van der Waals surface area contributed by atoms with Gasteiger partial charge in [0.25, 0.3) is 5.69 Å². The van der Waals surface area contributed by atoms with Crippen LogP contribution in [0.1, 0.15) is 62.9 Å². The molecule has 1 spiro atoms. The molecule has 7 rings (SSSR count). The van der Waals surface area contributed by atoms with Crippen molar-refractivity contribution in [2.24, 2.45) is 11.8 Å². The lowest BCUT2D eigenvalue weighted by Gasteiger charge is -2.38. The minimum Gasteiger partial charge on any atom is -0.358 e. The normalized spacial score (nSPS) is 22.6. The molecule has 224 valence electrons. The summed E-state index contributed by atoms with van der Waals surface area (Å²) >= 11 is 0. The number of para-hydroxylation sites is 1. The van der Waals surface area contributed by atoms with Crippen LogP contribution >= 0.6 is 0 Å². The van der Waals surface area contributed by atoms with Crippen LogP contribution in [0.3, 0.4) is 0 Å². The number of rotatable bonds is 7. The van der Waals surface area contributed by atoms with E-state index in [9.17, 15) is 24.5 Å². The number of hydrogen-bond acceptors (Lipinski definition) is 6. The van der Waals surface area contributed by atoms with Crippen molar-refractivity contribution in [2.75, 3.05) is 5.32 Å². The van der Waals surface area contributed by atoms with Crippen LogP contribution in [-0.4, -0.2) is 33.3 Å². The Morgan fingerprint density at radius 3 is 2.40 bits per heavy atom. The molecule has 4 aromatic rings. The second-order valence-electron chi connectivity index (χ2n) is 12.4. The number of carbonyl (C=O) groups is 3. The highest BCUT2D eigenvalue weighted by Gasteiger charge is 2.70. The molecule has 1 N–H and O–H groups in total. The Morgan fingerprint density at radius 1 is 0.911 bits per heavy atom. The number of non-ortho nitro benzene ring substituents is 1. The van der Waals surface area contributed by atoms with Crippen molar-refractivity contribution in [2.45, 2.75) is 37.8 Å². The van der Waals surface area contributed by atoms with Gasteiger partial charge in [-0.05, 0) is 46.7 Å². The molecular weight excluding hydrogens is 566 g/mol. The maximum absolute atomic E-state index is 15.0. The molecule has 3 aliphatic heterocycles. The predicted molar refractivity (Wildman–Crippen MR) is 171 cm³/mol. The minimum atomic E-state index is -1.47. The number of nitro groups is 1. The van der Waals surface area contributed by atoms with E-state index in [-0.39, 0.29) is 22.9 Å². The van der Waals surface area contributed by atoms with Gasteiger partial charge in [0.05, 0.1) is 16.9 Å². The zero-order valence-corrected chi connectivity index (χ0v) is 24.8. The standard InChI is InChI=1S/C37H31N3O5/c1-22(2)20-23-14-16-25(17-15-23)33(41)31-32(34(42)26-9-7-10-27(21-26)40(44)45)39-19-18-24-8-3-4-11-28(24)35(39)37(31)29-12-5-6-13-30(29)38-36(37)43/h3-19,21-22,31-32,35H,20H2,1-2H3,(H,38,43)/t31-,32+,35+,37-/m0/s1. The van der Waals surface area contributed by atoms with Crippen molar-refractivity contribution < 1.29 is 19.3 Å². The van der Waals surface area contributed by atoms with Crippen LogP contribution in [0.5, 0.6) is 0 Å². The third-order valence-corrected chi connectivity index (χ3v) is 9.35. The average molecular weight is 598 g/mol. The number of nitro benzene ring substituents is 1. The van der Waals surface area contributed by atoms with Crippen LogP contribution in [0, 0.1) is 22.0 Å². The average Bonchev–Trinajstić information content (AvgIpc) is 3.52. The zero-order valence-electron chi connectivity index (χ0n) is 24.8. The second kappa shape index (κ2) is 10.7. The molecular formula is C37H31N3O5. The van der Waals surface area contributed by atoms with Crippen LogP contribution in [0.2, 0.25) is 0 Å². The van der Waals surface area contributed by atoms with Crippen molar-refractivity contribution >= 4 is 34.9 Å². The highest BCUT2D eigenvalue weighted by atomic mass is 16.6. The molecule has 4 aromatic carbocycles. The number of anilines is 1. The molecule has 0 aliphatic carbocycles. The lowest BCUT2D eigenvalue weighted by molar-refractivity contribution is -0.384. The largest absolute Gasteiger partial charge is 0.358 e. The van der Waals surface area contributed by atoms with Crippen LogP contribution in [0.4, 0.5) is 11.4 Å². The van der Waals surface area contributed by atoms with Crippen molar-refractivity contribution in [3.63, 3.8) is 0 Å². The van der Waals surface area contributed by atoms with Gasteiger partial charge in [-0.2, -0.15) is 0 Å². The number of hydrogen-bond donors (Lipinski definition) is 1. The lowest BCUT2D eigenvalue weighted by atomic mass is 9.62. The first-order valence-electron chi connectivity index (χ1n) is 15.1. The van der Waals surface area contributed by atoms with Gasteiger partial charge in [0.1, 0.15) is 11.5 Å². The first kappa shape index (κ1) is 28.4. The van der Waals surface area contributed by atoms with E-state index in [2.05, 4.69) is 19.2 Å². The molecule has 1 saturated heterocycles. The molecule has 0 unspecified atom stereocenters. The number of carbonyl (C=O) groups excluding carboxylic acids is 3. The molecule has 1 fully saturated rings. The molecule has 8 heteroatoms. The van der Waals surface area contributed by atoms with Gasteiger partial charge in [-0.3, -0.25) is 24.5 Å². The van der Waals surface area contributed by atoms with Crippen molar-refractivity contribution in [1.82, 2.24) is 4.90 Å². The third kappa shape index (κ3) is 4.31. The Bertz CT molecular complexity index is 1910. The number of nitrogens with zero attached hydrogens (tertiary/aromatic N) is 2. The fraction of sp³-hybridized carbons (Fsp3) is 0.216. The Balaban J connectivity index is 1.48. The van der Waals surface area contributed by atoms with Crippen LogP contribution < -0.4 is 5.32 Å². The van der Waals surface area contributed by atoms with Gasteiger partial charge < -0.3 is 10.2 Å². The van der Waals surface area contributed by atoms with Gasteiger partial charge in [0, 0.05) is 35.1 Å². The maximum atomic E-state index is 15.0. The Labute approximate surface area is 260 Å². The van der Waals surface area contributed by atoms with E-state index < -0.39 is 34.1 Å². The summed E-state index contributed by atoms with van der Waals surface area (Å²) in [6, 6.07) is 26.2. The van der Waals surface area contributed by atoms with E-state index in [1.54, 1.807) is 18.3 Å². The fourth-order valence-electron chi connectivity index (χ4n) is 7.57. The topological polar surface area (TPSA) is 110 Å². The summed E-state index contributed by atoms with van der Waals surface area (Å²) in [4.78, 5) is 57.2. The van der Waals surface area contributed by atoms with Gasteiger partial charge in [-0.1, -0.05) is 92.7 Å². The number of nitrogens with one attached hydrogen (secondary N) is 1. The number of Topliss-reactive ketones (excluding diaryl/α,β-unsaturated/α-hetero) is 2. The molecule has 3 heterocycles. The SMILES string of the molecule is CC(C)Cc1ccc(C(=O)[C@@H]2[C@H](C(=O)c3cccc([N+](=O)[O-])c3)N3C=Cc4ccccc4[C@@H]3[C@@]23C(=O)Nc2ccccc23)cc1. The van der Waals surface area contributed by atoms with Crippen LogP contribution in [0.15, 0.2) is 103 Å². The molecule has 8 nitrogen and oxygen atoms in total. The van der Waals surface area contributed by atoms with E-state index in [0.717, 1.165) is 23.1 Å². The maximum Gasteiger partial charge on any atom is 0.270 e.